The summed E-state index contributed by atoms with van der Waals surface area (Å²) in [5.74, 6) is 3.93. The topological polar surface area (TPSA) is 0 Å². The molecule has 0 N–H and O–H groups in total. The van der Waals surface area contributed by atoms with Crippen LogP contribution in [-0.4, -0.2) is 18.8 Å². The molecule has 0 aromatic rings. The molecule has 0 radical (unpaired) electrons. The van der Waals surface area contributed by atoms with E-state index in [0.29, 0.717) is 5.92 Å². The summed E-state index contributed by atoms with van der Waals surface area (Å²) in [6, 6.07) is 0. The first-order valence-corrected chi connectivity index (χ1v) is 6.45. The van der Waals surface area contributed by atoms with Crippen molar-refractivity contribution in [2.75, 3.05) is 18.8 Å². The summed E-state index contributed by atoms with van der Waals surface area (Å²) in [7, 11) is -0.581. The molecule has 0 fully saturated rings. The smallest absolute Gasteiger partial charge is 0.0120 e. The second kappa shape index (κ2) is 3.93. The third kappa shape index (κ3) is 7.91. The SMILES string of the molecule is CC(C)CC#CS(C)(C)C. The molecular weight excluding hydrogens is 140 g/mol. The Bertz CT molecular complexity index is 140. The van der Waals surface area contributed by atoms with E-state index < -0.39 is 10.0 Å². The average molecular weight is 158 g/mol. The van der Waals surface area contributed by atoms with Crippen molar-refractivity contribution >= 4 is 10.0 Å². The molecule has 1 heteroatoms. The zero-order valence-corrected chi connectivity index (χ0v) is 8.51. The highest BCUT2D eigenvalue weighted by atomic mass is 32.3. The molecule has 10 heavy (non-hydrogen) atoms. The Balaban J connectivity index is 3.71. The van der Waals surface area contributed by atoms with Crippen molar-refractivity contribution in [1.82, 2.24) is 0 Å². The van der Waals surface area contributed by atoms with Gasteiger partial charge in [-0.3, -0.25) is 0 Å². The van der Waals surface area contributed by atoms with Crippen LogP contribution in [0.2, 0.25) is 0 Å². The number of hydrogen-bond donors (Lipinski definition) is 0. The number of rotatable bonds is 1. The lowest BCUT2D eigenvalue weighted by atomic mass is 10.1. The third-order valence-corrected chi connectivity index (χ3v) is 1.65. The fraction of sp³-hybridized carbons (Fsp3) is 0.778. The first-order valence-electron chi connectivity index (χ1n) is 3.60. The summed E-state index contributed by atoms with van der Waals surface area (Å²) in [4.78, 5) is 0. The lowest BCUT2D eigenvalue weighted by molar-refractivity contribution is 0.676. The maximum atomic E-state index is 3.29. The Morgan fingerprint density at radius 1 is 1.20 bits per heavy atom. The minimum atomic E-state index is -0.581. The van der Waals surface area contributed by atoms with E-state index in [0.717, 1.165) is 6.42 Å². The molecule has 0 saturated carbocycles. The molecule has 0 amide bonds. The maximum Gasteiger partial charge on any atom is 0.0120 e. The van der Waals surface area contributed by atoms with Crippen molar-refractivity contribution in [2.24, 2.45) is 5.92 Å². The largest absolute Gasteiger partial charge is 0.186 e. The molecule has 0 bridgehead atoms. The Kier molecular flexibility index (Phi) is 3.89. The zero-order chi connectivity index (χ0) is 8.20. The van der Waals surface area contributed by atoms with Gasteiger partial charge in [0.25, 0.3) is 0 Å². The normalized spacial score (nSPS) is 12.6. The first-order chi connectivity index (χ1) is 4.42. The van der Waals surface area contributed by atoms with Crippen LogP contribution in [0, 0.1) is 17.1 Å². The third-order valence-electron chi connectivity index (χ3n) is 0.889. The second-order valence-corrected chi connectivity index (χ2v) is 7.59. The van der Waals surface area contributed by atoms with E-state index in [9.17, 15) is 0 Å². The van der Waals surface area contributed by atoms with E-state index in [2.05, 4.69) is 43.8 Å². The van der Waals surface area contributed by atoms with E-state index in [4.69, 9.17) is 0 Å². The molecule has 0 aromatic carbocycles. The van der Waals surface area contributed by atoms with Crippen molar-refractivity contribution in [3.8, 4) is 11.2 Å². The van der Waals surface area contributed by atoms with Gasteiger partial charge in [-0.1, -0.05) is 25.0 Å². The highest BCUT2D eigenvalue weighted by molar-refractivity contribution is 8.35. The van der Waals surface area contributed by atoms with Crippen molar-refractivity contribution in [1.29, 1.82) is 0 Å². The Labute approximate surface area is 66.7 Å². The molecule has 0 spiro atoms. The standard InChI is InChI=1S/C9H18S/c1-9(2)7-6-8-10(3,4)5/h9H,7H2,1-5H3. The molecular formula is C9H18S. The van der Waals surface area contributed by atoms with Crippen LogP contribution >= 0.6 is 10.0 Å². The van der Waals surface area contributed by atoms with Crippen LogP contribution in [0.25, 0.3) is 0 Å². The van der Waals surface area contributed by atoms with Crippen LogP contribution in [0.15, 0.2) is 0 Å². The minimum Gasteiger partial charge on any atom is -0.186 e. The van der Waals surface area contributed by atoms with E-state index in [1.165, 1.54) is 0 Å². The fourth-order valence-electron chi connectivity index (χ4n) is 0.462. The Morgan fingerprint density at radius 3 is 2.00 bits per heavy atom. The molecule has 0 unspecified atom stereocenters. The predicted molar refractivity (Wildman–Crippen MR) is 52.6 cm³/mol. The van der Waals surface area contributed by atoms with Gasteiger partial charge in [0.1, 0.15) is 0 Å². The highest BCUT2D eigenvalue weighted by Gasteiger charge is 1.95. The number of hydrogen-bond acceptors (Lipinski definition) is 0. The average Bonchev–Trinajstić information content (AvgIpc) is 1.59. The van der Waals surface area contributed by atoms with Gasteiger partial charge >= 0.3 is 0 Å². The van der Waals surface area contributed by atoms with E-state index in [1.807, 2.05) is 0 Å². The first kappa shape index (κ1) is 9.91. The second-order valence-electron chi connectivity index (χ2n) is 3.71. The van der Waals surface area contributed by atoms with Gasteiger partial charge in [0.15, 0.2) is 0 Å². The van der Waals surface area contributed by atoms with Crippen molar-refractivity contribution in [3.63, 3.8) is 0 Å². The maximum absolute atomic E-state index is 3.29. The summed E-state index contributed by atoms with van der Waals surface area (Å²) >= 11 is 0. The predicted octanol–water partition coefficient (Wildman–Crippen LogP) is 2.69. The zero-order valence-electron chi connectivity index (χ0n) is 7.69. The molecule has 0 nitrogen and oxygen atoms in total. The lowest BCUT2D eigenvalue weighted by Gasteiger charge is -2.14. The molecule has 0 atom stereocenters. The van der Waals surface area contributed by atoms with Crippen LogP contribution in [-0.2, 0) is 0 Å². The van der Waals surface area contributed by atoms with Gasteiger partial charge in [-0.15, -0.1) is 0 Å². The van der Waals surface area contributed by atoms with Gasteiger partial charge < -0.3 is 0 Å². The summed E-state index contributed by atoms with van der Waals surface area (Å²) < 4.78 is 0. The molecule has 0 aliphatic heterocycles. The van der Waals surface area contributed by atoms with Crippen molar-refractivity contribution in [2.45, 2.75) is 20.3 Å². The van der Waals surface area contributed by atoms with Crippen LogP contribution in [0.1, 0.15) is 20.3 Å². The Hall–Kier alpha value is -0.0900. The molecule has 0 aromatic heterocycles. The van der Waals surface area contributed by atoms with Crippen LogP contribution in [0.5, 0.6) is 0 Å². The molecule has 60 valence electrons. The summed E-state index contributed by atoms with van der Waals surface area (Å²) in [5.41, 5.74) is 0. The highest BCUT2D eigenvalue weighted by Crippen LogP contribution is 2.32. The van der Waals surface area contributed by atoms with Crippen molar-refractivity contribution < 1.29 is 0 Å². The van der Waals surface area contributed by atoms with E-state index in [1.54, 1.807) is 0 Å². The van der Waals surface area contributed by atoms with Crippen LogP contribution in [0.4, 0.5) is 0 Å². The van der Waals surface area contributed by atoms with Gasteiger partial charge in [-0.25, -0.2) is 0 Å². The van der Waals surface area contributed by atoms with Crippen LogP contribution < -0.4 is 0 Å². The lowest BCUT2D eigenvalue weighted by Crippen LogP contribution is -1.87. The van der Waals surface area contributed by atoms with Crippen LogP contribution in [0.3, 0.4) is 0 Å². The van der Waals surface area contributed by atoms with E-state index >= 15 is 0 Å². The molecule has 0 heterocycles. The molecule has 0 aliphatic rings. The summed E-state index contributed by atoms with van der Waals surface area (Å²) in [6.45, 7) is 4.40. The molecule has 0 rings (SSSR count). The monoisotopic (exact) mass is 158 g/mol. The van der Waals surface area contributed by atoms with Gasteiger partial charge in [0.05, 0.1) is 0 Å². The van der Waals surface area contributed by atoms with Gasteiger partial charge in [0, 0.05) is 6.42 Å². The summed E-state index contributed by atoms with van der Waals surface area (Å²) in [6.07, 6.45) is 7.71. The fourth-order valence-corrected chi connectivity index (χ4v) is 0.979. The molecule has 0 saturated heterocycles. The van der Waals surface area contributed by atoms with Gasteiger partial charge in [-0.05, 0) is 24.7 Å². The van der Waals surface area contributed by atoms with E-state index in [-0.39, 0.29) is 0 Å². The Morgan fingerprint density at radius 2 is 1.70 bits per heavy atom. The van der Waals surface area contributed by atoms with Gasteiger partial charge in [-0.2, -0.15) is 10.0 Å². The summed E-state index contributed by atoms with van der Waals surface area (Å²) in [5, 5.41) is 3.29. The van der Waals surface area contributed by atoms with Gasteiger partial charge in [0.2, 0.25) is 0 Å². The molecule has 0 aliphatic carbocycles. The quantitative estimate of drug-likeness (QED) is 0.515. The van der Waals surface area contributed by atoms with Crippen molar-refractivity contribution in [3.05, 3.63) is 0 Å². The minimum absolute atomic E-state index is 0.581.